The Bertz CT molecular complexity index is 494. The highest BCUT2D eigenvalue weighted by Crippen LogP contribution is 2.12. The lowest BCUT2D eigenvalue weighted by atomic mass is 10.1. The van der Waals surface area contributed by atoms with Crippen LogP contribution in [0.3, 0.4) is 0 Å². The Morgan fingerprint density at radius 2 is 2.12 bits per heavy atom. The van der Waals surface area contributed by atoms with Gasteiger partial charge in [-0.2, -0.15) is 0 Å². The monoisotopic (exact) mass is 227 g/mol. The molecule has 0 spiro atoms. The summed E-state index contributed by atoms with van der Waals surface area (Å²) in [6, 6.07) is 10.4. The van der Waals surface area contributed by atoms with E-state index < -0.39 is 0 Å². The van der Waals surface area contributed by atoms with E-state index in [0.29, 0.717) is 0 Å². The summed E-state index contributed by atoms with van der Waals surface area (Å²) in [5, 5.41) is 3.37. The van der Waals surface area contributed by atoms with Crippen LogP contribution in [-0.4, -0.2) is 9.97 Å². The van der Waals surface area contributed by atoms with E-state index in [4.69, 9.17) is 0 Å². The minimum Gasteiger partial charge on any atom is -0.379 e. The summed E-state index contributed by atoms with van der Waals surface area (Å²) in [5.74, 6) is 0.812. The minimum atomic E-state index is 0.733. The second kappa shape index (κ2) is 5.43. The summed E-state index contributed by atoms with van der Waals surface area (Å²) in [4.78, 5) is 8.44. The maximum absolute atomic E-state index is 4.36. The molecule has 3 nitrogen and oxygen atoms in total. The van der Waals surface area contributed by atoms with Crippen molar-refractivity contribution in [2.45, 2.75) is 26.8 Å². The summed E-state index contributed by atoms with van der Waals surface area (Å²) in [7, 11) is 0. The zero-order chi connectivity index (χ0) is 12.1. The molecule has 0 unspecified atom stereocenters. The van der Waals surface area contributed by atoms with Gasteiger partial charge in [0.15, 0.2) is 0 Å². The highest BCUT2D eigenvalue weighted by Gasteiger charge is 1.97. The van der Waals surface area contributed by atoms with Crippen molar-refractivity contribution in [3.63, 3.8) is 0 Å². The molecule has 1 heterocycles. The Morgan fingerprint density at radius 3 is 2.88 bits per heavy atom. The number of benzene rings is 1. The van der Waals surface area contributed by atoms with Gasteiger partial charge in [-0.15, -0.1) is 0 Å². The van der Waals surface area contributed by atoms with E-state index in [1.807, 2.05) is 13.0 Å². The molecule has 0 atom stereocenters. The van der Waals surface area contributed by atoms with Gasteiger partial charge in [0.1, 0.15) is 5.82 Å². The predicted octanol–water partition coefficient (Wildman–Crippen LogP) is 2.96. The van der Waals surface area contributed by atoms with Gasteiger partial charge in [-0.1, -0.05) is 19.1 Å². The van der Waals surface area contributed by atoms with E-state index in [9.17, 15) is 0 Å². The zero-order valence-electron chi connectivity index (χ0n) is 10.3. The van der Waals surface area contributed by atoms with Gasteiger partial charge in [0.2, 0.25) is 0 Å². The second-order valence-corrected chi connectivity index (χ2v) is 4.00. The third kappa shape index (κ3) is 3.28. The molecule has 0 saturated carbocycles. The highest BCUT2D eigenvalue weighted by molar-refractivity contribution is 5.45. The van der Waals surface area contributed by atoms with Gasteiger partial charge in [-0.05, 0) is 37.1 Å². The zero-order valence-corrected chi connectivity index (χ0v) is 10.3. The second-order valence-electron chi connectivity index (χ2n) is 4.00. The number of anilines is 1. The Labute approximate surface area is 102 Å². The molecule has 88 valence electrons. The molecular formula is C14H17N3. The van der Waals surface area contributed by atoms with E-state index in [-0.39, 0.29) is 0 Å². The van der Waals surface area contributed by atoms with Crippen molar-refractivity contribution in [2.24, 2.45) is 0 Å². The Hall–Kier alpha value is -1.90. The Morgan fingerprint density at radius 1 is 1.24 bits per heavy atom. The number of aromatic nitrogens is 2. The van der Waals surface area contributed by atoms with Crippen molar-refractivity contribution in [1.82, 2.24) is 9.97 Å². The molecule has 0 amide bonds. The van der Waals surface area contributed by atoms with Crippen LogP contribution in [0.4, 0.5) is 5.69 Å². The molecule has 0 saturated heterocycles. The average Bonchev–Trinajstić information content (AvgIpc) is 2.37. The van der Waals surface area contributed by atoms with Crippen LogP contribution in [0.15, 0.2) is 36.5 Å². The first kappa shape index (κ1) is 11.6. The maximum atomic E-state index is 4.36. The first-order chi connectivity index (χ1) is 8.28. The van der Waals surface area contributed by atoms with Crippen LogP contribution in [0.2, 0.25) is 0 Å². The van der Waals surface area contributed by atoms with Crippen LogP contribution < -0.4 is 5.32 Å². The molecule has 2 rings (SSSR count). The van der Waals surface area contributed by atoms with Crippen LogP contribution >= 0.6 is 0 Å². The Balaban J connectivity index is 2.02. The van der Waals surface area contributed by atoms with E-state index in [1.54, 1.807) is 6.20 Å². The first-order valence-electron chi connectivity index (χ1n) is 5.89. The molecule has 1 N–H and O–H groups in total. The molecule has 0 aliphatic rings. The van der Waals surface area contributed by atoms with E-state index in [0.717, 1.165) is 30.2 Å². The van der Waals surface area contributed by atoms with Crippen LogP contribution in [-0.2, 0) is 13.0 Å². The van der Waals surface area contributed by atoms with Gasteiger partial charge in [0.05, 0.1) is 12.2 Å². The molecule has 0 aliphatic carbocycles. The lowest BCUT2D eigenvalue weighted by Crippen LogP contribution is -2.03. The number of nitrogens with zero attached hydrogens (tertiary/aromatic N) is 2. The van der Waals surface area contributed by atoms with Crippen molar-refractivity contribution in [3.05, 3.63) is 53.6 Å². The standard InChI is InChI=1S/C14H17N3/c1-3-12-5-4-6-13(9-12)16-10-14-7-8-15-11(2)17-14/h4-9,16H,3,10H2,1-2H3. The van der Waals surface area contributed by atoms with Crippen molar-refractivity contribution in [1.29, 1.82) is 0 Å². The van der Waals surface area contributed by atoms with Gasteiger partial charge in [-0.25, -0.2) is 9.97 Å². The normalized spacial score (nSPS) is 10.2. The fourth-order valence-electron chi connectivity index (χ4n) is 1.70. The smallest absolute Gasteiger partial charge is 0.125 e. The summed E-state index contributed by atoms with van der Waals surface area (Å²) >= 11 is 0. The third-order valence-corrected chi connectivity index (χ3v) is 2.64. The van der Waals surface area contributed by atoms with Gasteiger partial charge >= 0.3 is 0 Å². The molecular weight excluding hydrogens is 210 g/mol. The largest absolute Gasteiger partial charge is 0.379 e. The topological polar surface area (TPSA) is 37.8 Å². The summed E-state index contributed by atoms with van der Waals surface area (Å²) < 4.78 is 0. The average molecular weight is 227 g/mol. The fraction of sp³-hybridized carbons (Fsp3) is 0.286. The van der Waals surface area contributed by atoms with E-state index in [1.165, 1.54) is 5.56 Å². The molecule has 3 heteroatoms. The molecule has 0 fully saturated rings. The SMILES string of the molecule is CCc1cccc(NCc2ccnc(C)n2)c1. The van der Waals surface area contributed by atoms with Crippen molar-refractivity contribution < 1.29 is 0 Å². The molecule has 0 aliphatic heterocycles. The predicted molar refractivity (Wildman–Crippen MR) is 69.9 cm³/mol. The molecule has 1 aromatic carbocycles. The molecule has 0 radical (unpaired) electrons. The van der Waals surface area contributed by atoms with Gasteiger partial charge in [0.25, 0.3) is 0 Å². The van der Waals surface area contributed by atoms with E-state index >= 15 is 0 Å². The highest BCUT2D eigenvalue weighted by atomic mass is 14.9. The summed E-state index contributed by atoms with van der Waals surface area (Å²) in [6.45, 7) is 4.80. The quantitative estimate of drug-likeness (QED) is 0.872. The van der Waals surface area contributed by atoms with Crippen molar-refractivity contribution in [2.75, 3.05) is 5.32 Å². The van der Waals surface area contributed by atoms with Gasteiger partial charge < -0.3 is 5.32 Å². The number of nitrogens with one attached hydrogen (secondary N) is 1. The summed E-state index contributed by atoms with van der Waals surface area (Å²) in [6.07, 6.45) is 2.85. The van der Waals surface area contributed by atoms with E-state index in [2.05, 4.69) is 46.5 Å². The van der Waals surface area contributed by atoms with Crippen molar-refractivity contribution in [3.8, 4) is 0 Å². The van der Waals surface area contributed by atoms with Crippen LogP contribution in [0, 0.1) is 6.92 Å². The first-order valence-corrected chi connectivity index (χ1v) is 5.89. The van der Waals surface area contributed by atoms with Gasteiger partial charge in [-0.3, -0.25) is 0 Å². The van der Waals surface area contributed by atoms with Gasteiger partial charge in [0, 0.05) is 11.9 Å². The van der Waals surface area contributed by atoms with Crippen LogP contribution in [0.1, 0.15) is 24.0 Å². The molecule has 1 aromatic heterocycles. The number of aryl methyl sites for hydroxylation is 2. The van der Waals surface area contributed by atoms with Crippen LogP contribution in [0.25, 0.3) is 0 Å². The molecule has 2 aromatic rings. The molecule has 0 bridgehead atoms. The minimum absolute atomic E-state index is 0.733. The van der Waals surface area contributed by atoms with Crippen LogP contribution in [0.5, 0.6) is 0 Å². The summed E-state index contributed by atoms with van der Waals surface area (Å²) in [5.41, 5.74) is 3.49. The lowest BCUT2D eigenvalue weighted by Gasteiger charge is -2.07. The maximum Gasteiger partial charge on any atom is 0.125 e. The molecule has 17 heavy (non-hydrogen) atoms. The third-order valence-electron chi connectivity index (χ3n) is 2.64. The number of hydrogen-bond acceptors (Lipinski definition) is 3. The number of hydrogen-bond donors (Lipinski definition) is 1. The fourth-order valence-corrected chi connectivity index (χ4v) is 1.70. The number of rotatable bonds is 4. The van der Waals surface area contributed by atoms with Crippen molar-refractivity contribution >= 4 is 5.69 Å². The Kier molecular flexibility index (Phi) is 3.70. The lowest BCUT2D eigenvalue weighted by molar-refractivity contribution is 0.955.